The zero-order valence-electron chi connectivity index (χ0n) is 11.8. The second kappa shape index (κ2) is 8.53. The van der Waals surface area contributed by atoms with Crippen molar-refractivity contribution in [3.05, 3.63) is 12.7 Å². The molecule has 6 nitrogen and oxygen atoms in total. The van der Waals surface area contributed by atoms with E-state index in [1.165, 1.54) is 11.0 Å². The van der Waals surface area contributed by atoms with Gasteiger partial charge in [-0.25, -0.2) is 4.79 Å². The van der Waals surface area contributed by atoms with Gasteiger partial charge in [0.05, 0.1) is 18.6 Å². The molecule has 0 saturated carbocycles. The second-order valence-corrected chi connectivity index (χ2v) is 4.96. The first-order valence-electron chi connectivity index (χ1n) is 6.14. The topological polar surface area (TPSA) is 76.1 Å². The van der Waals surface area contributed by atoms with Gasteiger partial charge >= 0.3 is 12.1 Å². The molecular formula is C13H23NO5. The number of carbonyl (C=O) groups excluding carboxylic acids is 1. The number of carbonyl (C=O) groups is 2. The number of hydrogen-bond donors (Lipinski definition) is 1. The summed E-state index contributed by atoms with van der Waals surface area (Å²) in [4.78, 5) is 23.5. The Bertz CT molecular complexity index is 309. The lowest BCUT2D eigenvalue weighted by Gasteiger charge is -2.24. The van der Waals surface area contributed by atoms with Gasteiger partial charge < -0.3 is 19.5 Å². The lowest BCUT2D eigenvalue weighted by molar-refractivity contribution is -0.137. The van der Waals surface area contributed by atoms with Crippen molar-refractivity contribution in [1.29, 1.82) is 0 Å². The smallest absolute Gasteiger partial charge is 0.410 e. The number of nitrogens with zero attached hydrogens (tertiary/aromatic N) is 1. The molecule has 0 rings (SSSR count). The minimum atomic E-state index is -0.960. The van der Waals surface area contributed by atoms with Crippen molar-refractivity contribution in [2.45, 2.75) is 32.8 Å². The first kappa shape index (κ1) is 17.4. The van der Waals surface area contributed by atoms with Crippen LogP contribution in [-0.2, 0) is 14.3 Å². The Balaban J connectivity index is 4.27. The monoisotopic (exact) mass is 273 g/mol. The van der Waals surface area contributed by atoms with E-state index in [0.29, 0.717) is 13.2 Å². The number of ether oxygens (including phenoxy) is 2. The largest absolute Gasteiger partial charge is 0.481 e. The molecule has 1 amide bonds. The fourth-order valence-corrected chi connectivity index (χ4v) is 1.21. The average molecular weight is 273 g/mol. The van der Waals surface area contributed by atoms with Crippen LogP contribution in [0, 0.1) is 0 Å². The van der Waals surface area contributed by atoms with Crippen LogP contribution in [0.5, 0.6) is 0 Å². The molecule has 0 aromatic carbocycles. The van der Waals surface area contributed by atoms with Crippen molar-refractivity contribution in [1.82, 2.24) is 4.90 Å². The van der Waals surface area contributed by atoms with Gasteiger partial charge in [-0.05, 0) is 20.8 Å². The molecule has 0 aliphatic rings. The number of hydrogen-bond acceptors (Lipinski definition) is 4. The lowest BCUT2D eigenvalue weighted by atomic mass is 10.2. The highest BCUT2D eigenvalue weighted by Gasteiger charge is 2.17. The molecule has 110 valence electrons. The molecule has 0 unspecified atom stereocenters. The summed E-state index contributed by atoms with van der Waals surface area (Å²) < 4.78 is 10.4. The minimum absolute atomic E-state index is 0.0960. The van der Waals surface area contributed by atoms with Crippen molar-refractivity contribution in [3.8, 4) is 0 Å². The van der Waals surface area contributed by atoms with Crippen molar-refractivity contribution < 1.29 is 24.2 Å². The molecule has 0 radical (unpaired) electrons. The summed E-state index contributed by atoms with van der Waals surface area (Å²) in [5.41, 5.74) is -0.302. The molecule has 0 fully saturated rings. The fourth-order valence-electron chi connectivity index (χ4n) is 1.21. The minimum Gasteiger partial charge on any atom is -0.481 e. The van der Waals surface area contributed by atoms with Crippen LogP contribution in [0.4, 0.5) is 4.79 Å². The summed E-state index contributed by atoms with van der Waals surface area (Å²) in [6.07, 6.45) is 0.774. The van der Waals surface area contributed by atoms with E-state index < -0.39 is 12.1 Å². The van der Waals surface area contributed by atoms with Crippen molar-refractivity contribution in [3.63, 3.8) is 0 Å². The van der Waals surface area contributed by atoms with Gasteiger partial charge in [0.1, 0.15) is 6.61 Å². The highest BCUT2D eigenvalue weighted by atomic mass is 16.6. The van der Waals surface area contributed by atoms with Gasteiger partial charge in [0.25, 0.3) is 0 Å². The van der Waals surface area contributed by atoms with Gasteiger partial charge in [-0.3, -0.25) is 4.79 Å². The maximum atomic E-state index is 11.7. The molecule has 0 aromatic rings. The number of rotatable bonds is 8. The molecule has 0 saturated heterocycles. The zero-order chi connectivity index (χ0) is 14.9. The Hall–Kier alpha value is -1.56. The van der Waals surface area contributed by atoms with E-state index in [4.69, 9.17) is 14.6 Å². The van der Waals surface area contributed by atoms with E-state index in [-0.39, 0.29) is 25.2 Å². The molecule has 0 aliphatic carbocycles. The Labute approximate surface area is 114 Å². The third-order valence-electron chi connectivity index (χ3n) is 2.07. The quantitative estimate of drug-likeness (QED) is 0.683. The summed E-state index contributed by atoms with van der Waals surface area (Å²) in [7, 11) is 0. The predicted molar refractivity (Wildman–Crippen MR) is 71.1 cm³/mol. The lowest BCUT2D eigenvalue weighted by Crippen LogP contribution is -2.37. The summed E-state index contributed by atoms with van der Waals surface area (Å²) in [5.74, 6) is -0.960. The SMILES string of the molecule is C=CCOC(=O)N(CCOC(C)(C)C)CCC(=O)O. The van der Waals surface area contributed by atoms with Crippen molar-refractivity contribution in [2.24, 2.45) is 0 Å². The van der Waals surface area contributed by atoms with E-state index in [9.17, 15) is 9.59 Å². The first-order chi connectivity index (χ1) is 8.76. The molecular weight excluding hydrogens is 250 g/mol. The standard InChI is InChI=1S/C13H23NO5/c1-5-9-18-12(17)14(7-6-11(15)16)8-10-19-13(2,3)4/h5H,1,6-10H2,2-4H3,(H,15,16). The van der Waals surface area contributed by atoms with Crippen LogP contribution >= 0.6 is 0 Å². The molecule has 0 aliphatic heterocycles. The molecule has 0 bridgehead atoms. The number of carboxylic acid groups (broad SMARTS) is 1. The number of amides is 1. The Morgan fingerprint density at radius 1 is 1.32 bits per heavy atom. The fraction of sp³-hybridized carbons (Fsp3) is 0.692. The van der Waals surface area contributed by atoms with Crippen molar-refractivity contribution >= 4 is 12.1 Å². The zero-order valence-corrected chi connectivity index (χ0v) is 11.8. The first-order valence-corrected chi connectivity index (χ1v) is 6.14. The van der Waals surface area contributed by atoms with E-state index in [0.717, 1.165) is 0 Å². The predicted octanol–water partition coefficient (Wildman–Crippen LogP) is 1.90. The van der Waals surface area contributed by atoms with Crippen LogP contribution in [-0.4, -0.2) is 54.0 Å². The second-order valence-electron chi connectivity index (χ2n) is 4.96. The van der Waals surface area contributed by atoms with Gasteiger partial charge in [0.15, 0.2) is 0 Å². The molecule has 6 heteroatoms. The van der Waals surface area contributed by atoms with Crippen LogP contribution in [0.15, 0.2) is 12.7 Å². The molecule has 1 N–H and O–H groups in total. The van der Waals surface area contributed by atoms with E-state index in [1.54, 1.807) is 0 Å². The Kier molecular flexibility index (Phi) is 7.83. The van der Waals surface area contributed by atoms with E-state index in [1.807, 2.05) is 20.8 Å². The van der Waals surface area contributed by atoms with Crippen LogP contribution in [0.25, 0.3) is 0 Å². The van der Waals surface area contributed by atoms with Gasteiger partial charge in [0, 0.05) is 13.1 Å². The third-order valence-corrected chi connectivity index (χ3v) is 2.07. The highest BCUT2D eigenvalue weighted by molar-refractivity contribution is 5.70. The number of carboxylic acids is 1. The van der Waals surface area contributed by atoms with E-state index >= 15 is 0 Å². The van der Waals surface area contributed by atoms with Gasteiger partial charge in [-0.2, -0.15) is 0 Å². The average Bonchev–Trinajstić information content (AvgIpc) is 2.28. The number of aliphatic carboxylic acids is 1. The summed E-state index contributed by atoms with van der Waals surface area (Å²) in [5, 5.41) is 8.65. The molecule has 0 spiro atoms. The van der Waals surface area contributed by atoms with Gasteiger partial charge in [0.2, 0.25) is 0 Å². The summed E-state index contributed by atoms with van der Waals surface area (Å²) in [6.45, 7) is 9.98. The molecule has 0 aromatic heterocycles. The van der Waals surface area contributed by atoms with Crippen LogP contribution in [0.3, 0.4) is 0 Å². The highest BCUT2D eigenvalue weighted by Crippen LogP contribution is 2.07. The maximum absolute atomic E-state index is 11.7. The van der Waals surface area contributed by atoms with Crippen LogP contribution in [0.2, 0.25) is 0 Å². The molecule has 0 atom stereocenters. The van der Waals surface area contributed by atoms with Gasteiger partial charge in [-0.1, -0.05) is 12.7 Å². The normalized spacial score (nSPS) is 10.9. The summed E-state index contributed by atoms with van der Waals surface area (Å²) in [6, 6.07) is 0. The Morgan fingerprint density at radius 2 is 1.95 bits per heavy atom. The van der Waals surface area contributed by atoms with Crippen LogP contribution in [0.1, 0.15) is 27.2 Å². The van der Waals surface area contributed by atoms with Crippen molar-refractivity contribution in [2.75, 3.05) is 26.3 Å². The van der Waals surface area contributed by atoms with Crippen LogP contribution < -0.4 is 0 Å². The third kappa shape index (κ3) is 10.1. The molecule has 0 heterocycles. The molecule has 19 heavy (non-hydrogen) atoms. The Morgan fingerprint density at radius 3 is 2.42 bits per heavy atom. The van der Waals surface area contributed by atoms with E-state index in [2.05, 4.69) is 6.58 Å². The maximum Gasteiger partial charge on any atom is 0.410 e. The summed E-state index contributed by atoms with van der Waals surface area (Å²) >= 11 is 0. The van der Waals surface area contributed by atoms with Gasteiger partial charge in [-0.15, -0.1) is 0 Å².